The Balaban J connectivity index is 0.000000394. The van der Waals surface area contributed by atoms with Crippen LogP contribution in [0.5, 0.6) is 0 Å². The molecule has 0 fully saturated rings. The van der Waals surface area contributed by atoms with E-state index >= 15 is 0 Å². The Morgan fingerprint density at radius 1 is 1.00 bits per heavy atom. The molecule has 0 atom stereocenters. The molecule has 0 bridgehead atoms. The highest BCUT2D eigenvalue weighted by Gasteiger charge is 2.19. The Morgan fingerprint density at radius 2 is 1.43 bits per heavy atom. The number of rotatable bonds is 4. The molecule has 0 aliphatic rings. The normalized spacial score (nSPS) is 11.0. The summed E-state index contributed by atoms with van der Waals surface area (Å²) in [5.41, 5.74) is -0.352. The van der Waals surface area contributed by atoms with Gasteiger partial charge < -0.3 is 0 Å². The van der Waals surface area contributed by atoms with Crippen LogP contribution in [0.3, 0.4) is 0 Å². The van der Waals surface area contributed by atoms with Gasteiger partial charge >= 0.3 is 0 Å². The van der Waals surface area contributed by atoms with E-state index < -0.39 is 11.1 Å². The highest BCUT2D eigenvalue weighted by Crippen LogP contribution is 2.13. The molecule has 0 aliphatic heterocycles. The largest absolute Gasteiger partial charge is 0.196 e. The van der Waals surface area contributed by atoms with E-state index in [1.54, 1.807) is 27.7 Å². The zero-order chi connectivity index (χ0) is 16.4. The molecule has 1 aromatic carbocycles. The predicted octanol–water partition coefficient (Wildman–Crippen LogP) is 4.46. The molecule has 0 amide bonds. The van der Waals surface area contributed by atoms with E-state index in [1.165, 1.54) is 5.56 Å². The summed E-state index contributed by atoms with van der Waals surface area (Å²) in [5, 5.41) is 24.7. The van der Waals surface area contributed by atoms with Gasteiger partial charge in [0.2, 0.25) is 0 Å². The van der Waals surface area contributed by atoms with Crippen molar-refractivity contribution in [2.45, 2.75) is 45.2 Å². The van der Waals surface area contributed by atoms with Crippen molar-refractivity contribution in [3.8, 4) is 12.1 Å². The number of hydrogen-bond donors (Lipinski definition) is 0. The Kier molecular flexibility index (Phi) is 7.65. The maximum absolute atomic E-state index is 8.58. The van der Waals surface area contributed by atoms with Gasteiger partial charge in [0, 0.05) is 0 Å². The first kappa shape index (κ1) is 18.5. The van der Waals surface area contributed by atoms with E-state index in [1.807, 2.05) is 36.4 Å². The van der Waals surface area contributed by atoms with E-state index in [-0.39, 0.29) is 0 Å². The first-order valence-electron chi connectivity index (χ1n) is 6.68. The highest BCUT2D eigenvalue weighted by molar-refractivity contribution is 5.16. The lowest BCUT2D eigenvalue weighted by Crippen LogP contribution is -2.17. The molecule has 0 saturated heterocycles. The van der Waals surface area contributed by atoms with E-state index in [4.69, 9.17) is 10.5 Å². The lowest BCUT2D eigenvalue weighted by atomic mass is 10.1. The number of benzene rings is 1. The third-order valence-corrected chi connectivity index (χ3v) is 2.32. The summed E-state index contributed by atoms with van der Waals surface area (Å²) in [7, 11) is 0. The summed E-state index contributed by atoms with van der Waals surface area (Å²) in [6, 6.07) is 14.2. The van der Waals surface area contributed by atoms with Gasteiger partial charge in [0.15, 0.2) is 11.1 Å². The van der Waals surface area contributed by atoms with Gasteiger partial charge in [0.1, 0.15) is 0 Å². The summed E-state index contributed by atoms with van der Waals surface area (Å²) in [4.78, 5) is 0. The summed E-state index contributed by atoms with van der Waals surface area (Å²) in [6.07, 6.45) is 2.89. The topological polar surface area (TPSA) is 72.3 Å². The Labute approximate surface area is 127 Å². The van der Waals surface area contributed by atoms with Gasteiger partial charge in [-0.1, -0.05) is 36.4 Å². The number of nitrogens with zero attached hydrogens (tertiary/aromatic N) is 4. The van der Waals surface area contributed by atoms with Crippen LogP contribution in [0.4, 0.5) is 0 Å². The molecule has 0 unspecified atom stereocenters. The minimum absolute atomic E-state index is 0.839. The minimum Gasteiger partial charge on any atom is -0.196 e. The van der Waals surface area contributed by atoms with Crippen LogP contribution in [-0.4, -0.2) is 11.1 Å². The fourth-order valence-electron chi connectivity index (χ4n) is 1.08. The number of allylic oxidation sites excluding steroid dienone is 1. The predicted molar refractivity (Wildman–Crippen MR) is 84.6 cm³/mol. The highest BCUT2D eigenvalue weighted by atomic mass is 15.2. The van der Waals surface area contributed by atoms with Crippen LogP contribution in [0, 0.1) is 22.7 Å². The number of hydrogen-bond acceptors (Lipinski definition) is 4. The molecule has 4 nitrogen and oxygen atoms in total. The fraction of sp³-hybridized carbons (Fsp3) is 0.412. The van der Waals surface area contributed by atoms with Crippen LogP contribution in [0.2, 0.25) is 0 Å². The van der Waals surface area contributed by atoms with Crippen LogP contribution < -0.4 is 0 Å². The Hall–Kier alpha value is -2.46. The van der Waals surface area contributed by atoms with E-state index in [9.17, 15) is 0 Å². The first-order chi connectivity index (χ1) is 9.76. The summed E-state index contributed by atoms with van der Waals surface area (Å²) in [6.45, 7) is 10.2. The van der Waals surface area contributed by atoms with Crippen LogP contribution in [0.1, 0.15) is 33.3 Å². The molecule has 0 aromatic heterocycles. The molecule has 110 valence electrons. The molecule has 0 heterocycles. The molecule has 1 aromatic rings. The molecule has 0 saturated carbocycles. The van der Waals surface area contributed by atoms with Crippen molar-refractivity contribution in [3.63, 3.8) is 0 Å². The standard InChI is InChI=1S/C9H10.C8H12N4/c1-2-6-9-7-4-3-5-8-9;1-7(2,5-9)11-12-8(3,4)6-10/h2-5,7-8H,1,6H2;1-4H3. The monoisotopic (exact) mass is 282 g/mol. The van der Waals surface area contributed by atoms with Crippen molar-refractivity contribution in [2.75, 3.05) is 0 Å². The van der Waals surface area contributed by atoms with Crippen LogP contribution in [0.15, 0.2) is 53.2 Å². The Bertz CT molecular complexity index is 514. The maximum atomic E-state index is 8.58. The second kappa shape index (κ2) is 8.66. The minimum atomic E-state index is -0.839. The second-order valence-corrected chi connectivity index (χ2v) is 5.52. The molecular weight excluding hydrogens is 260 g/mol. The number of nitriles is 2. The van der Waals surface area contributed by atoms with Crippen molar-refractivity contribution in [3.05, 3.63) is 48.6 Å². The van der Waals surface area contributed by atoms with Crippen molar-refractivity contribution in [1.82, 2.24) is 0 Å². The number of azo groups is 1. The van der Waals surface area contributed by atoms with Crippen LogP contribution in [-0.2, 0) is 6.42 Å². The molecule has 0 aliphatic carbocycles. The average Bonchev–Trinajstić information content (AvgIpc) is 2.48. The average molecular weight is 282 g/mol. The lowest BCUT2D eigenvalue weighted by Gasteiger charge is -2.11. The van der Waals surface area contributed by atoms with Gasteiger partial charge in [0.25, 0.3) is 0 Å². The zero-order valence-electron chi connectivity index (χ0n) is 13.2. The molecular formula is C17H22N4. The van der Waals surface area contributed by atoms with E-state index in [2.05, 4.69) is 28.9 Å². The van der Waals surface area contributed by atoms with Crippen molar-refractivity contribution in [2.24, 2.45) is 10.2 Å². The SMILES string of the molecule is C=CCc1ccccc1.CC(C)(C#N)N=NC(C)(C)C#N. The lowest BCUT2D eigenvalue weighted by molar-refractivity contribution is 0.541. The zero-order valence-corrected chi connectivity index (χ0v) is 13.2. The molecule has 1 rings (SSSR count). The summed E-state index contributed by atoms with van der Waals surface area (Å²) in [5.74, 6) is 0. The fourth-order valence-corrected chi connectivity index (χ4v) is 1.08. The molecule has 21 heavy (non-hydrogen) atoms. The smallest absolute Gasteiger partial charge is 0.162 e. The van der Waals surface area contributed by atoms with Crippen molar-refractivity contribution >= 4 is 0 Å². The van der Waals surface area contributed by atoms with Gasteiger partial charge in [-0.2, -0.15) is 20.8 Å². The van der Waals surface area contributed by atoms with Gasteiger partial charge in [-0.05, 0) is 39.7 Å². The van der Waals surface area contributed by atoms with Gasteiger partial charge in [-0.25, -0.2) is 0 Å². The Morgan fingerprint density at radius 3 is 1.76 bits per heavy atom. The third-order valence-electron chi connectivity index (χ3n) is 2.32. The van der Waals surface area contributed by atoms with Gasteiger partial charge in [0.05, 0.1) is 12.1 Å². The first-order valence-corrected chi connectivity index (χ1v) is 6.68. The van der Waals surface area contributed by atoms with E-state index in [0.29, 0.717) is 0 Å². The second-order valence-electron chi connectivity index (χ2n) is 5.52. The third kappa shape index (κ3) is 9.13. The molecule has 0 spiro atoms. The molecule has 0 N–H and O–H groups in total. The maximum Gasteiger partial charge on any atom is 0.162 e. The van der Waals surface area contributed by atoms with Gasteiger partial charge in [-0.15, -0.1) is 6.58 Å². The summed E-state index contributed by atoms with van der Waals surface area (Å²) < 4.78 is 0. The van der Waals surface area contributed by atoms with Gasteiger partial charge in [-0.3, -0.25) is 0 Å². The van der Waals surface area contributed by atoms with E-state index in [0.717, 1.165) is 6.42 Å². The molecule has 4 heteroatoms. The summed E-state index contributed by atoms with van der Waals surface area (Å²) >= 11 is 0. The van der Waals surface area contributed by atoms with Crippen LogP contribution in [0.25, 0.3) is 0 Å². The van der Waals surface area contributed by atoms with Crippen LogP contribution >= 0.6 is 0 Å². The quantitative estimate of drug-likeness (QED) is 0.604. The van der Waals surface area contributed by atoms with Crippen molar-refractivity contribution < 1.29 is 0 Å². The molecule has 0 radical (unpaired) electrons. The van der Waals surface area contributed by atoms with Crippen molar-refractivity contribution in [1.29, 1.82) is 10.5 Å².